The van der Waals surface area contributed by atoms with Gasteiger partial charge in [0.25, 0.3) is 0 Å². The number of carbonyl (C=O) groups is 2. The van der Waals surface area contributed by atoms with Gasteiger partial charge in [-0.15, -0.1) is 0 Å². The first-order valence-electron chi connectivity index (χ1n) is 10.6. The Morgan fingerprint density at radius 1 is 1.12 bits per heavy atom. The van der Waals surface area contributed by atoms with Crippen LogP contribution in [0.15, 0.2) is 42.5 Å². The lowest BCUT2D eigenvalue weighted by Gasteiger charge is -2.31. The van der Waals surface area contributed by atoms with E-state index in [-0.39, 0.29) is 12.5 Å². The standard InChI is InChI=1S/C23H29Cl2N3O5S/c1-5-12-26-23(30)16(2)27(14-17-6-7-18(24)13-21(17)25)22(29)15-28(34(4,31)32)19-8-10-20(33-3)11-9-19/h6-11,13,16H,5,12,14-15H2,1-4H3,(H,26,30)/t16-/m1/s1. The Kier molecular flexibility index (Phi) is 10.0. The summed E-state index contributed by atoms with van der Waals surface area (Å²) in [6.45, 7) is 3.46. The number of hydrogen-bond acceptors (Lipinski definition) is 5. The molecule has 2 aromatic carbocycles. The van der Waals surface area contributed by atoms with Gasteiger partial charge in [0.2, 0.25) is 21.8 Å². The number of sulfonamides is 1. The number of carbonyl (C=O) groups excluding carboxylic acids is 2. The number of amides is 2. The number of benzene rings is 2. The molecule has 2 amide bonds. The highest BCUT2D eigenvalue weighted by atomic mass is 35.5. The van der Waals surface area contributed by atoms with E-state index in [4.69, 9.17) is 27.9 Å². The van der Waals surface area contributed by atoms with Crippen LogP contribution in [0.1, 0.15) is 25.8 Å². The number of rotatable bonds is 11. The van der Waals surface area contributed by atoms with Crippen molar-refractivity contribution < 1.29 is 22.7 Å². The molecule has 0 heterocycles. The second kappa shape index (κ2) is 12.3. The van der Waals surface area contributed by atoms with E-state index in [1.54, 1.807) is 49.4 Å². The highest BCUT2D eigenvalue weighted by Crippen LogP contribution is 2.25. The summed E-state index contributed by atoms with van der Waals surface area (Å²) in [5.41, 5.74) is 0.870. The van der Waals surface area contributed by atoms with Crippen molar-refractivity contribution in [2.24, 2.45) is 0 Å². The third-order valence-electron chi connectivity index (χ3n) is 5.11. The molecule has 0 aliphatic carbocycles. The Morgan fingerprint density at radius 3 is 2.29 bits per heavy atom. The number of hydrogen-bond donors (Lipinski definition) is 1. The molecule has 11 heteroatoms. The summed E-state index contributed by atoms with van der Waals surface area (Å²) in [6.07, 6.45) is 1.75. The maximum atomic E-state index is 13.4. The van der Waals surface area contributed by atoms with Crippen LogP contribution in [0.2, 0.25) is 10.0 Å². The van der Waals surface area contributed by atoms with Gasteiger partial charge < -0.3 is 15.0 Å². The molecule has 1 N–H and O–H groups in total. The third-order valence-corrected chi connectivity index (χ3v) is 6.84. The lowest BCUT2D eigenvalue weighted by Crippen LogP contribution is -2.51. The summed E-state index contributed by atoms with van der Waals surface area (Å²) in [7, 11) is -2.31. The van der Waals surface area contributed by atoms with Gasteiger partial charge in [-0.3, -0.25) is 13.9 Å². The molecule has 0 fully saturated rings. The van der Waals surface area contributed by atoms with Crippen LogP contribution in [0.4, 0.5) is 5.69 Å². The Hall–Kier alpha value is -2.49. The van der Waals surface area contributed by atoms with Crippen LogP contribution in [0.25, 0.3) is 0 Å². The summed E-state index contributed by atoms with van der Waals surface area (Å²) < 4.78 is 31.2. The smallest absolute Gasteiger partial charge is 0.244 e. The average molecular weight is 530 g/mol. The number of nitrogens with one attached hydrogen (secondary N) is 1. The summed E-state index contributed by atoms with van der Waals surface area (Å²) >= 11 is 12.3. The first-order valence-corrected chi connectivity index (χ1v) is 13.2. The minimum Gasteiger partial charge on any atom is -0.497 e. The van der Waals surface area contributed by atoms with Crippen LogP contribution in [0.5, 0.6) is 5.75 Å². The van der Waals surface area contributed by atoms with Gasteiger partial charge in [0, 0.05) is 23.1 Å². The van der Waals surface area contributed by atoms with Crippen molar-refractivity contribution in [3.05, 3.63) is 58.1 Å². The highest BCUT2D eigenvalue weighted by Gasteiger charge is 2.30. The number of methoxy groups -OCH3 is 1. The first-order chi connectivity index (χ1) is 16.0. The van der Waals surface area contributed by atoms with Crippen molar-refractivity contribution in [3.63, 3.8) is 0 Å². The van der Waals surface area contributed by atoms with Gasteiger partial charge in [-0.25, -0.2) is 8.42 Å². The molecule has 0 aromatic heterocycles. The zero-order valence-corrected chi connectivity index (χ0v) is 21.9. The van der Waals surface area contributed by atoms with E-state index in [2.05, 4.69) is 5.32 Å². The molecule has 0 aliphatic rings. The summed E-state index contributed by atoms with van der Waals surface area (Å²) in [4.78, 5) is 27.4. The zero-order chi connectivity index (χ0) is 25.5. The van der Waals surface area contributed by atoms with Crippen molar-refractivity contribution >= 4 is 50.7 Å². The van der Waals surface area contributed by atoms with E-state index in [0.717, 1.165) is 17.0 Å². The van der Waals surface area contributed by atoms with Crippen molar-refractivity contribution in [1.82, 2.24) is 10.2 Å². The monoisotopic (exact) mass is 529 g/mol. The minimum absolute atomic E-state index is 0.00420. The Balaban J connectivity index is 2.39. The van der Waals surface area contributed by atoms with E-state index >= 15 is 0 Å². The van der Waals surface area contributed by atoms with Crippen LogP contribution in [0.3, 0.4) is 0 Å². The molecular weight excluding hydrogens is 501 g/mol. The third kappa shape index (κ3) is 7.51. The van der Waals surface area contributed by atoms with Gasteiger partial charge in [-0.05, 0) is 55.3 Å². The topological polar surface area (TPSA) is 96.0 Å². The SMILES string of the molecule is CCCNC(=O)[C@@H](C)N(Cc1ccc(Cl)cc1Cl)C(=O)CN(c1ccc(OC)cc1)S(C)(=O)=O. The van der Waals surface area contributed by atoms with Crippen LogP contribution >= 0.6 is 23.2 Å². The van der Waals surface area contributed by atoms with Gasteiger partial charge in [0.15, 0.2) is 0 Å². The molecule has 2 aromatic rings. The van der Waals surface area contributed by atoms with Crippen molar-refractivity contribution in [2.75, 3.05) is 30.8 Å². The number of anilines is 1. The molecule has 0 saturated carbocycles. The lowest BCUT2D eigenvalue weighted by atomic mass is 10.1. The van der Waals surface area contributed by atoms with E-state index in [0.29, 0.717) is 33.6 Å². The van der Waals surface area contributed by atoms with Gasteiger partial charge in [0.05, 0.1) is 19.1 Å². The predicted molar refractivity (Wildman–Crippen MR) is 135 cm³/mol. The molecular formula is C23H29Cl2N3O5S. The summed E-state index contributed by atoms with van der Waals surface area (Å²) in [6, 6.07) is 10.3. The average Bonchev–Trinajstić information content (AvgIpc) is 2.79. The maximum absolute atomic E-state index is 13.4. The molecule has 2 rings (SSSR count). The lowest BCUT2D eigenvalue weighted by molar-refractivity contribution is -0.139. The fourth-order valence-electron chi connectivity index (χ4n) is 3.17. The fraction of sp³-hybridized carbons (Fsp3) is 0.391. The summed E-state index contributed by atoms with van der Waals surface area (Å²) in [5, 5.41) is 3.54. The van der Waals surface area contributed by atoms with Gasteiger partial charge in [0.1, 0.15) is 18.3 Å². The van der Waals surface area contributed by atoms with E-state index in [9.17, 15) is 18.0 Å². The normalized spacial score (nSPS) is 12.1. The largest absolute Gasteiger partial charge is 0.497 e. The van der Waals surface area contributed by atoms with Gasteiger partial charge in [-0.2, -0.15) is 0 Å². The van der Waals surface area contributed by atoms with E-state index < -0.39 is 28.5 Å². The number of ether oxygens (including phenoxy) is 1. The Morgan fingerprint density at radius 2 is 1.76 bits per heavy atom. The number of nitrogens with zero attached hydrogens (tertiary/aromatic N) is 2. The first kappa shape index (κ1) is 27.8. The van der Waals surface area contributed by atoms with Crippen LogP contribution in [-0.2, 0) is 26.2 Å². The molecule has 1 atom stereocenters. The Labute approximate surface area is 210 Å². The van der Waals surface area contributed by atoms with Gasteiger partial charge in [-0.1, -0.05) is 36.2 Å². The van der Waals surface area contributed by atoms with Crippen molar-refractivity contribution in [2.45, 2.75) is 32.9 Å². The summed E-state index contributed by atoms with van der Waals surface area (Å²) in [5.74, 6) is -0.370. The van der Waals surface area contributed by atoms with Gasteiger partial charge >= 0.3 is 0 Å². The second-order valence-electron chi connectivity index (χ2n) is 7.69. The molecule has 0 bridgehead atoms. The quantitative estimate of drug-likeness (QED) is 0.478. The van der Waals surface area contributed by atoms with Crippen molar-refractivity contribution in [3.8, 4) is 5.75 Å². The minimum atomic E-state index is -3.81. The zero-order valence-electron chi connectivity index (χ0n) is 19.5. The van der Waals surface area contributed by atoms with E-state index in [1.807, 2.05) is 6.92 Å². The van der Waals surface area contributed by atoms with Crippen molar-refractivity contribution in [1.29, 1.82) is 0 Å². The molecule has 0 unspecified atom stereocenters. The van der Waals surface area contributed by atoms with Crippen LogP contribution in [0, 0.1) is 0 Å². The second-order valence-corrected chi connectivity index (χ2v) is 10.4. The van der Waals surface area contributed by atoms with Crippen LogP contribution in [-0.4, -0.2) is 57.6 Å². The molecule has 0 radical (unpaired) electrons. The Bertz CT molecular complexity index is 1110. The molecule has 0 aliphatic heterocycles. The number of halogens is 2. The molecule has 0 saturated heterocycles. The van der Waals surface area contributed by atoms with E-state index in [1.165, 1.54) is 12.0 Å². The molecule has 0 spiro atoms. The van der Waals surface area contributed by atoms with Crippen LogP contribution < -0.4 is 14.4 Å². The molecule has 186 valence electrons. The maximum Gasteiger partial charge on any atom is 0.244 e. The molecule has 34 heavy (non-hydrogen) atoms. The fourth-order valence-corrected chi connectivity index (χ4v) is 4.49. The highest BCUT2D eigenvalue weighted by molar-refractivity contribution is 7.92. The predicted octanol–water partition coefficient (Wildman–Crippen LogP) is 3.71. The molecule has 8 nitrogen and oxygen atoms in total.